The van der Waals surface area contributed by atoms with Crippen LogP contribution in [0.2, 0.25) is 0 Å². The molecule has 1 aromatic rings. The van der Waals surface area contributed by atoms with Crippen LogP contribution in [0.15, 0.2) is 24.3 Å². The van der Waals surface area contributed by atoms with Crippen molar-refractivity contribution in [2.45, 2.75) is 76.9 Å². The SMILES string of the molecule is CN[C@@H](CCCNC(N)N)C(=O)NCC(=O)N[C@@H](Cc1ccc(O)cc1)C(=O)N[C@@H](C)C(=O)N[C@@H](CC(C)C)C(=O)NCC(=O)O. The zero-order chi connectivity index (χ0) is 34.8. The number of carbonyl (C=O) groups excluding carboxylic acids is 5. The van der Waals surface area contributed by atoms with Gasteiger partial charge < -0.3 is 53.6 Å². The number of hydrogen-bond acceptors (Lipinski definition) is 11. The van der Waals surface area contributed by atoms with E-state index < -0.39 is 79.1 Å². The molecule has 0 fully saturated rings. The second-order valence-corrected chi connectivity index (χ2v) is 11.2. The molecule has 0 unspecified atom stereocenters. The van der Waals surface area contributed by atoms with Gasteiger partial charge >= 0.3 is 5.97 Å². The summed E-state index contributed by atoms with van der Waals surface area (Å²) in [6.45, 7) is 4.48. The average molecular weight is 652 g/mol. The highest BCUT2D eigenvalue weighted by atomic mass is 16.4. The molecular formula is C29H49N9O8. The molecule has 1 rings (SSSR count). The summed E-state index contributed by atoms with van der Waals surface area (Å²) in [6, 6.07) is 2.01. The molecule has 0 saturated heterocycles. The van der Waals surface area contributed by atoms with Crippen molar-refractivity contribution in [3.63, 3.8) is 0 Å². The number of aromatic hydroxyl groups is 1. The lowest BCUT2D eigenvalue weighted by Gasteiger charge is -2.24. The highest BCUT2D eigenvalue weighted by Crippen LogP contribution is 2.12. The largest absolute Gasteiger partial charge is 0.508 e. The number of benzene rings is 1. The van der Waals surface area contributed by atoms with Gasteiger partial charge in [0.25, 0.3) is 0 Å². The van der Waals surface area contributed by atoms with Crippen LogP contribution in [0.3, 0.4) is 0 Å². The van der Waals surface area contributed by atoms with Gasteiger partial charge in [-0.05, 0) is 63.4 Å². The van der Waals surface area contributed by atoms with E-state index in [1.807, 2.05) is 13.8 Å². The molecule has 258 valence electrons. The first kappa shape index (κ1) is 39.7. The summed E-state index contributed by atoms with van der Waals surface area (Å²) >= 11 is 0. The fourth-order valence-electron chi connectivity index (χ4n) is 4.26. The van der Waals surface area contributed by atoms with E-state index in [0.717, 1.165) is 0 Å². The molecule has 0 spiro atoms. The van der Waals surface area contributed by atoms with Crippen LogP contribution in [0.25, 0.3) is 0 Å². The van der Waals surface area contributed by atoms with E-state index in [9.17, 15) is 33.9 Å². The van der Waals surface area contributed by atoms with Gasteiger partial charge in [-0.25, -0.2) is 0 Å². The van der Waals surface area contributed by atoms with Crippen LogP contribution in [0.4, 0.5) is 0 Å². The van der Waals surface area contributed by atoms with Gasteiger partial charge in [-0.3, -0.25) is 34.1 Å². The van der Waals surface area contributed by atoms with E-state index in [0.29, 0.717) is 24.9 Å². The highest BCUT2D eigenvalue weighted by Gasteiger charge is 2.28. The van der Waals surface area contributed by atoms with E-state index >= 15 is 0 Å². The fourth-order valence-corrected chi connectivity index (χ4v) is 4.26. The minimum absolute atomic E-state index is 0.00544. The normalized spacial score (nSPS) is 13.7. The Morgan fingerprint density at radius 1 is 0.783 bits per heavy atom. The van der Waals surface area contributed by atoms with Crippen molar-refractivity contribution in [3.8, 4) is 5.75 Å². The summed E-state index contributed by atoms with van der Waals surface area (Å²) < 4.78 is 0. The lowest BCUT2D eigenvalue weighted by molar-refractivity contribution is -0.138. The van der Waals surface area contributed by atoms with Crippen LogP contribution in [0.1, 0.15) is 45.6 Å². The topological polar surface area (TPSA) is 279 Å². The van der Waals surface area contributed by atoms with Crippen molar-refractivity contribution in [1.82, 2.24) is 37.2 Å². The van der Waals surface area contributed by atoms with E-state index in [4.69, 9.17) is 16.6 Å². The van der Waals surface area contributed by atoms with Crippen molar-refractivity contribution < 1.29 is 39.0 Å². The molecular weight excluding hydrogens is 602 g/mol. The summed E-state index contributed by atoms with van der Waals surface area (Å²) in [6.07, 6.45) is 0.559. The molecule has 0 aliphatic carbocycles. The summed E-state index contributed by atoms with van der Waals surface area (Å²) in [4.78, 5) is 75.0. The molecule has 4 atom stereocenters. The molecule has 17 nitrogen and oxygen atoms in total. The number of nitrogens with two attached hydrogens (primary N) is 2. The predicted molar refractivity (Wildman–Crippen MR) is 169 cm³/mol. The first-order valence-electron chi connectivity index (χ1n) is 15.0. The number of phenols is 1. The average Bonchev–Trinajstić information content (AvgIpc) is 2.98. The van der Waals surface area contributed by atoms with Gasteiger partial charge in [0.1, 0.15) is 36.7 Å². The number of likely N-dealkylation sites (N-methyl/N-ethyl adjacent to an activating group) is 1. The maximum Gasteiger partial charge on any atom is 0.322 e. The number of rotatable bonds is 21. The van der Waals surface area contributed by atoms with Crippen LogP contribution in [-0.2, 0) is 35.2 Å². The molecule has 0 aliphatic heterocycles. The first-order valence-corrected chi connectivity index (χ1v) is 15.0. The predicted octanol–water partition coefficient (Wildman–Crippen LogP) is -3.07. The van der Waals surface area contributed by atoms with Crippen molar-refractivity contribution >= 4 is 35.5 Å². The summed E-state index contributed by atoms with van der Waals surface area (Å²) in [5.41, 5.74) is 11.5. The maximum absolute atomic E-state index is 13.3. The Morgan fingerprint density at radius 2 is 1.39 bits per heavy atom. The Bertz CT molecular complexity index is 1160. The van der Waals surface area contributed by atoms with Crippen LogP contribution in [0.5, 0.6) is 5.75 Å². The number of phenolic OH excluding ortho intramolecular Hbond substituents is 1. The second kappa shape index (κ2) is 20.7. The lowest BCUT2D eigenvalue weighted by Crippen LogP contribution is -2.57. The third-order valence-corrected chi connectivity index (χ3v) is 6.67. The molecule has 0 aromatic heterocycles. The summed E-state index contributed by atoms with van der Waals surface area (Å²) in [5.74, 6) is -4.45. The molecule has 13 N–H and O–H groups in total. The second-order valence-electron chi connectivity index (χ2n) is 11.2. The molecule has 0 heterocycles. The zero-order valence-corrected chi connectivity index (χ0v) is 26.7. The van der Waals surface area contributed by atoms with Crippen LogP contribution >= 0.6 is 0 Å². The fraction of sp³-hybridized carbons (Fsp3) is 0.586. The number of carboxylic acids is 1. The Kier molecular flexibility index (Phi) is 17.8. The van der Waals surface area contributed by atoms with Crippen LogP contribution in [-0.4, -0.2) is 103 Å². The van der Waals surface area contributed by atoms with Gasteiger partial charge in [0, 0.05) is 6.42 Å². The van der Waals surface area contributed by atoms with Crippen molar-refractivity contribution in [1.29, 1.82) is 0 Å². The minimum Gasteiger partial charge on any atom is -0.508 e. The van der Waals surface area contributed by atoms with Crippen molar-refractivity contribution in [2.24, 2.45) is 17.4 Å². The maximum atomic E-state index is 13.3. The molecule has 0 radical (unpaired) electrons. The zero-order valence-electron chi connectivity index (χ0n) is 26.7. The first-order chi connectivity index (χ1) is 21.6. The van der Waals surface area contributed by atoms with Crippen molar-refractivity contribution in [3.05, 3.63) is 29.8 Å². The third-order valence-electron chi connectivity index (χ3n) is 6.67. The number of carboxylic acid groups (broad SMARTS) is 1. The van der Waals surface area contributed by atoms with Crippen LogP contribution in [0, 0.1) is 5.92 Å². The molecule has 1 aromatic carbocycles. The van der Waals surface area contributed by atoms with Gasteiger partial charge in [0.15, 0.2) is 0 Å². The smallest absolute Gasteiger partial charge is 0.322 e. The monoisotopic (exact) mass is 651 g/mol. The molecule has 0 saturated carbocycles. The minimum atomic E-state index is -1.24. The highest BCUT2D eigenvalue weighted by molar-refractivity contribution is 5.95. The molecule has 17 heteroatoms. The van der Waals surface area contributed by atoms with E-state index in [2.05, 4.69) is 37.2 Å². The van der Waals surface area contributed by atoms with Gasteiger partial charge in [-0.15, -0.1) is 0 Å². The quantitative estimate of drug-likeness (QED) is 0.0467. The lowest BCUT2D eigenvalue weighted by atomic mass is 10.0. The molecule has 0 aliphatic rings. The Labute approximate surface area is 268 Å². The number of aliphatic carboxylic acids is 1. The number of amides is 5. The van der Waals surface area contributed by atoms with Gasteiger partial charge in [0.2, 0.25) is 29.5 Å². The molecule has 46 heavy (non-hydrogen) atoms. The Balaban J connectivity index is 2.91. The number of nitrogens with one attached hydrogen (secondary N) is 7. The Morgan fingerprint density at radius 3 is 1.96 bits per heavy atom. The van der Waals surface area contributed by atoms with Gasteiger partial charge in [-0.2, -0.15) is 0 Å². The summed E-state index contributed by atoms with van der Waals surface area (Å²) in [7, 11) is 1.61. The Hall–Kier alpha value is -4.32. The number of hydrogen-bond donors (Lipinski definition) is 11. The molecule has 5 amide bonds. The standard InChI is InChI=1S/C29H49N9O8/c1-16(2)12-21(27(45)35-15-24(41)42)38-25(43)17(3)36-28(46)22(13-18-7-9-19(39)10-8-18)37-23(40)14-34-26(44)20(32-4)6-5-11-33-29(30)31/h7-10,16-17,20-22,29,32-33,39H,5-6,11-15,30-31H2,1-4H3,(H,34,44)(H,35,45)(H,36,46)(H,37,40)(H,38,43)(H,41,42)/t17-,20-,21-,22-/m0/s1. The summed E-state index contributed by atoms with van der Waals surface area (Å²) in [5, 5.41) is 36.6. The van der Waals surface area contributed by atoms with E-state index in [1.165, 1.54) is 19.1 Å². The third kappa shape index (κ3) is 16.1. The van der Waals surface area contributed by atoms with Gasteiger partial charge in [0.05, 0.1) is 12.6 Å². The molecule has 0 bridgehead atoms. The van der Waals surface area contributed by atoms with E-state index in [1.54, 1.807) is 19.2 Å². The van der Waals surface area contributed by atoms with Crippen molar-refractivity contribution in [2.75, 3.05) is 26.7 Å². The van der Waals surface area contributed by atoms with Crippen LogP contribution < -0.4 is 48.7 Å². The van der Waals surface area contributed by atoms with Gasteiger partial charge in [-0.1, -0.05) is 26.0 Å². The number of carbonyl (C=O) groups is 6. The van der Waals surface area contributed by atoms with E-state index in [-0.39, 0.29) is 24.5 Å².